The number of hydrogen-bond acceptors (Lipinski definition) is 5. The fraction of sp³-hybridized carbons (Fsp3) is 0.500. The van der Waals surface area contributed by atoms with E-state index in [1.165, 1.54) is 23.1 Å². The van der Waals surface area contributed by atoms with Crippen molar-refractivity contribution in [2.24, 2.45) is 0 Å². The van der Waals surface area contributed by atoms with E-state index in [-0.39, 0.29) is 35.0 Å². The van der Waals surface area contributed by atoms with Crippen LogP contribution in [0.15, 0.2) is 18.2 Å². The van der Waals surface area contributed by atoms with Gasteiger partial charge in [0.1, 0.15) is 0 Å². The number of benzene rings is 1. The van der Waals surface area contributed by atoms with Gasteiger partial charge in [0, 0.05) is 12.1 Å². The Bertz CT molecular complexity index is 781. The molecule has 0 unspecified atom stereocenters. The van der Waals surface area contributed by atoms with E-state index in [1.807, 2.05) is 0 Å². The Morgan fingerprint density at radius 3 is 2.44 bits per heavy atom. The number of carbonyl (C=O) groups excluding carboxylic acids is 4. The van der Waals surface area contributed by atoms with Crippen molar-refractivity contribution in [3.63, 3.8) is 0 Å². The van der Waals surface area contributed by atoms with Gasteiger partial charge < -0.3 is 10.1 Å². The van der Waals surface area contributed by atoms with E-state index in [0.29, 0.717) is 5.56 Å². The maximum absolute atomic E-state index is 12.8. The summed E-state index contributed by atoms with van der Waals surface area (Å²) in [5.74, 6) is -1.74. The van der Waals surface area contributed by atoms with Gasteiger partial charge in [0.2, 0.25) is 0 Å². The number of rotatable bonds is 5. The molecule has 3 rings (SSSR count). The first-order valence-electron chi connectivity index (χ1n) is 9.37. The second-order valence-electron chi connectivity index (χ2n) is 7.33. The maximum atomic E-state index is 12.8. The highest BCUT2D eigenvalue weighted by atomic mass is 16.5. The minimum absolute atomic E-state index is 0.0504. The van der Waals surface area contributed by atoms with Crippen LogP contribution in [0.3, 0.4) is 0 Å². The molecule has 1 aromatic carbocycles. The van der Waals surface area contributed by atoms with E-state index < -0.39 is 18.5 Å². The lowest BCUT2D eigenvalue weighted by Gasteiger charge is -2.29. The Labute approximate surface area is 158 Å². The number of amides is 3. The fourth-order valence-corrected chi connectivity index (χ4v) is 3.64. The molecular formula is C20H24N2O5. The van der Waals surface area contributed by atoms with Crippen LogP contribution in [0.4, 0.5) is 0 Å². The highest BCUT2D eigenvalue weighted by Gasteiger charge is 2.40. The molecule has 0 atom stereocenters. The first-order valence-corrected chi connectivity index (χ1v) is 9.37. The maximum Gasteiger partial charge on any atom is 0.338 e. The van der Waals surface area contributed by atoms with Gasteiger partial charge in [0.15, 0.2) is 6.61 Å². The zero-order chi connectivity index (χ0) is 19.6. The quantitative estimate of drug-likeness (QED) is 0.632. The number of ether oxygens (including phenoxy) is 1. The summed E-state index contributed by atoms with van der Waals surface area (Å²) in [5.41, 5.74) is 0.698. The van der Waals surface area contributed by atoms with Gasteiger partial charge in [-0.2, -0.15) is 0 Å². The smallest absolute Gasteiger partial charge is 0.338 e. The van der Waals surface area contributed by atoms with Gasteiger partial charge in [0.05, 0.1) is 16.7 Å². The Morgan fingerprint density at radius 2 is 1.78 bits per heavy atom. The van der Waals surface area contributed by atoms with Crippen molar-refractivity contribution in [1.82, 2.24) is 10.2 Å². The molecule has 3 amide bonds. The van der Waals surface area contributed by atoms with E-state index in [4.69, 9.17) is 4.74 Å². The van der Waals surface area contributed by atoms with Crippen LogP contribution in [0, 0.1) is 0 Å². The van der Waals surface area contributed by atoms with Crippen molar-refractivity contribution in [2.45, 2.75) is 58.0 Å². The molecule has 0 radical (unpaired) electrons. The molecule has 0 bridgehead atoms. The number of imide groups is 1. The first kappa shape index (κ1) is 19.1. The Morgan fingerprint density at radius 1 is 1.11 bits per heavy atom. The van der Waals surface area contributed by atoms with Gasteiger partial charge in [-0.15, -0.1) is 0 Å². The molecular weight excluding hydrogens is 348 g/mol. The number of hydrogen-bond donors (Lipinski definition) is 1. The fourth-order valence-electron chi connectivity index (χ4n) is 3.64. The third-order valence-corrected chi connectivity index (χ3v) is 4.88. The summed E-state index contributed by atoms with van der Waals surface area (Å²) in [6.45, 7) is 3.22. The average Bonchev–Trinajstić information content (AvgIpc) is 2.90. The number of nitrogens with zero attached hydrogens (tertiary/aromatic N) is 1. The number of carbonyl (C=O) groups is 4. The van der Waals surface area contributed by atoms with E-state index in [2.05, 4.69) is 5.32 Å². The highest BCUT2D eigenvalue weighted by Crippen LogP contribution is 2.31. The predicted octanol–water partition coefficient (Wildman–Crippen LogP) is 2.30. The van der Waals surface area contributed by atoms with Crippen LogP contribution in [0.2, 0.25) is 0 Å². The van der Waals surface area contributed by atoms with Crippen LogP contribution in [0.1, 0.15) is 77.0 Å². The summed E-state index contributed by atoms with van der Waals surface area (Å²) < 4.78 is 4.99. The van der Waals surface area contributed by atoms with E-state index in [0.717, 1.165) is 32.1 Å². The van der Waals surface area contributed by atoms with Crippen molar-refractivity contribution < 1.29 is 23.9 Å². The Kier molecular flexibility index (Phi) is 5.58. The lowest BCUT2D eigenvalue weighted by molar-refractivity contribution is -0.124. The average molecular weight is 372 g/mol. The van der Waals surface area contributed by atoms with Crippen LogP contribution < -0.4 is 5.32 Å². The number of esters is 1. The van der Waals surface area contributed by atoms with Crippen LogP contribution in [-0.4, -0.2) is 47.3 Å². The molecule has 1 heterocycles. The predicted molar refractivity (Wildman–Crippen MR) is 97.4 cm³/mol. The summed E-state index contributed by atoms with van der Waals surface area (Å²) in [7, 11) is 0. The second-order valence-corrected chi connectivity index (χ2v) is 7.33. The zero-order valence-electron chi connectivity index (χ0n) is 15.6. The minimum atomic E-state index is -0.701. The zero-order valence-corrected chi connectivity index (χ0v) is 15.6. The number of nitrogens with one attached hydrogen (secondary N) is 1. The molecule has 1 N–H and O–H groups in total. The number of fused-ring (bicyclic) bond motifs is 1. The van der Waals surface area contributed by atoms with Gasteiger partial charge >= 0.3 is 5.97 Å². The normalized spacial score (nSPS) is 17.2. The second kappa shape index (κ2) is 7.90. The molecule has 0 spiro atoms. The van der Waals surface area contributed by atoms with Crippen molar-refractivity contribution in [1.29, 1.82) is 0 Å². The molecule has 1 aliphatic heterocycles. The topological polar surface area (TPSA) is 92.8 Å². The summed E-state index contributed by atoms with van der Waals surface area (Å²) in [6.07, 6.45) is 4.79. The van der Waals surface area contributed by atoms with Crippen molar-refractivity contribution >= 4 is 23.7 Å². The highest BCUT2D eigenvalue weighted by molar-refractivity contribution is 6.22. The molecule has 0 saturated heterocycles. The van der Waals surface area contributed by atoms with Gasteiger partial charge in [-0.1, -0.05) is 19.3 Å². The van der Waals surface area contributed by atoms with E-state index >= 15 is 0 Å². The first-order chi connectivity index (χ1) is 12.9. The van der Waals surface area contributed by atoms with Crippen LogP contribution in [-0.2, 0) is 9.53 Å². The van der Waals surface area contributed by atoms with Crippen molar-refractivity contribution in [2.75, 3.05) is 6.61 Å². The summed E-state index contributed by atoms with van der Waals surface area (Å²) in [4.78, 5) is 50.5. The lowest BCUT2D eigenvalue weighted by atomic mass is 9.94. The van der Waals surface area contributed by atoms with Gasteiger partial charge in [-0.3, -0.25) is 19.3 Å². The van der Waals surface area contributed by atoms with Gasteiger partial charge in [-0.25, -0.2) is 4.79 Å². The summed E-state index contributed by atoms with van der Waals surface area (Å²) >= 11 is 0. The van der Waals surface area contributed by atoms with Crippen LogP contribution >= 0.6 is 0 Å². The SMILES string of the molecule is CC(C)NC(=O)COC(=O)c1ccc2c(c1)C(=O)N(C1CCCCC1)C2=O. The lowest BCUT2D eigenvalue weighted by Crippen LogP contribution is -2.40. The molecule has 27 heavy (non-hydrogen) atoms. The van der Waals surface area contributed by atoms with Crippen molar-refractivity contribution in [3.05, 3.63) is 34.9 Å². The third-order valence-electron chi connectivity index (χ3n) is 4.88. The largest absolute Gasteiger partial charge is 0.452 e. The molecule has 7 nitrogen and oxygen atoms in total. The van der Waals surface area contributed by atoms with Gasteiger partial charge in [-0.05, 0) is 44.9 Å². The minimum Gasteiger partial charge on any atom is -0.452 e. The molecule has 1 saturated carbocycles. The summed E-state index contributed by atoms with van der Waals surface area (Å²) in [6, 6.07) is 4.22. The van der Waals surface area contributed by atoms with E-state index in [9.17, 15) is 19.2 Å². The summed E-state index contributed by atoms with van der Waals surface area (Å²) in [5, 5.41) is 2.62. The van der Waals surface area contributed by atoms with Crippen LogP contribution in [0.5, 0.6) is 0 Å². The Balaban J connectivity index is 1.71. The molecule has 1 aromatic rings. The van der Waals surface area contributed by atoms with Gasteiger partial charge in [0.25, 0.3) is 17.7 Å². The standard InChI is InChI=1S/C20H24N2O5/c1-12(2)21-17(23)11-27-20(26)13-8-9-15-16(10-13)19(25)22(18(15)24)14-6-4-3-5-7-14/h8-10,12,14H,3-7,11H2,1-2H3,(H,21,23). The van der Waals surface area contributed by atoms with Crippen LogP contribution in [0.25, 0.3) is 0 Å². The van der Waals surface area contributed by atoms with Crippen molar-refractivity contribution in [3.8, 4) is 0 Å². The van der Waals surface area contributed by atoms with E-state index in [1.54, 1.807) is 13.8 Å². The molecule has 1 fully saturated rings. The molecule has 7 heteroatoms. The molecule has 0 aromatic heterocycles. The third kappa shape index (κ3) is 4.02. The monoisotopic (exact) mass is 372 g/mol. The molecule has 2 aliphatic rings. The Hall–Kier alpha value is -2.70. The molecule has 144 valence electrons. The molecule has 1 aliphatic carbocycles.